The third-order valence-corrected chi connectivity index (χ3v) is 5.51. The summed E-state index contributed by atoms with van der Waals surface area (Å²) in [4.78, 5) is 19.5. The number of hydrogen-bond donors (Lipinski definition) is 1. The molecule has 1 aliphatic heterocycles. The molecule has 1 saturated heterocycles. The van der Waals surface area contributed by atoms with Gasteiger partial charge in [-0.15, -0.1) is 0 Å². The second-order valence-electron chi connectivity index (χ2n) is 6.43. The van der Waals surface area contributed by atoms with Crippen LogP contribution in [0.3, 0.4) is 0 Å². The molecule has 2 aromatic rings. The van der Waals surface area contributed by atoms with Crippen molar-refractivity contribution >= 4 is 16.6 Å². The minimum Gasteiger partial charge on any atom is -0.350 e. The van der Waals surface area contributed by atoms with E-state index in [4.69, 9.17) is 0 Å². The highest BCUT2D eigenvalue weighted by Gasteiger charge is 2.22. The highest BCUT2D eigenvalue weighted by atomic mass is 32.2. The first kappa shape index (κ1) is 17.8. The molecule has 0 bridgehead atoms. The molecular weight excluding hydrogens is 336 g/mol. The van der Waals surface area contributed by atoms with E-state index in [1.807, 2.05) is 24.3 Å². The Morgan fingerprint density at radius 1 is 1.32 bits per heavy atom. The second-order valence-corrected chi connectivity index (χ2v) is 7.81. The van der Waals surface area contributed by atoms with E-state index in [0.717, 1.165) is 37.4 Å². The molecule has 3 rings (SSSR count). The quantitative estimate of drug-likeness (QED) is 0.870. The van der Waals surface area contributed by atoms with Gasteiger partial charge in [-0.05, 0) is 30.5 Å². The first-order valence-electron chi connectivity index (χ1n) is 8.47. The lowest BCUT2D eigenvalue weighted by Crippen LogP contribution is -2.47. The van der Waals surface area contributed by atoms with Crippen LogP contribution >= 0.6 is 0 Å². The fourth-order valence-corrected chi connectivity index (χ4v) is 3.62. The number of hydrogen-bond acceptors (Lipinski definition) is 5. The lowest BCUT2D eigenvalue weighted by atomic mass is 10.1. The Hall–Kier alpha value is -1.99. The van der Waals surface area contributed by atoms with Crippen LogP contribution in [0.4, 0.5) is 5.82 Å². The lowest BCUT2D eigenvalue weighted by Gasteiger charge is -2.33. The number of piperidine rings is 1. The Kier molecular flexibility index (Phi) is 5.65. The SMILES string of the molecule is Cn1ccnc(N2CCC[C@H](NCc3ccc([S@@](C)=O)cc3)C2)c1=O. The van der Waals surface area contributed by atoms with Gasteiger partial charge in [-0.3, -0.25) is 9.00 Å². The summed E-state index contributed by atoms with van der Waals surface area (Å²) in [6.07, 6.45) is 7.16. The van der Waals surface area contributed by atoms with Crippen LogP contribution in [0.1, 0.15) is 18.4 Å². The van der Waals surface area contributed by atoms with Crippen LogP contribution in [0.5, 0.6) is 0 Å². The van der Waals surface area contributed by atoms with E-state index in [1.54, 1.807) is 30.3 Å². The zero-order valence-electron chi connectivity index (χ0n) is 14.6. The third kappa shape index (κ3) is 4.35. The number of nitrogens with one attached hydrogen (secondary N) is 1. The number of nitrogens with zero attached hydrogens (tertiary/aromatic N) is 3. The average Bonchev–Trinajstić information content (AvgIpc) is 2.63. The van der Waals surface area contributed by atoms with E-state index in [0.29, 0.717) is 11.9 Å². The molecular formula is C18H24N4O2S. The number of anilines is 1. The van der Waals surface area contributed by atoms with Crippen molar-refractivity contribution < 1.29 is 4.21 Å². The van der Waals surface area contributed by atoms with Gasteiger partial charge in [0, 0.05) is 67.1 Å². The van der Waals surface area contributed by atoms with Crippen molar-refractivity contribution in [2.45, 2.75) is 30.3 Å². The zero-order chi connectivity index (χ0) is 17.8. The molecule has 1 aromatic carbocycles. The molecule has 1 N–H and O–H groups in total. The Bertz CT molecular complexity index is 803. The standard InChI is InChI=1S/C18H24N4O2S/c1-21-11-9-19-17(18(21)23)22-10-3-4-15(13-22)20-12-14-5-7-16(8-6-14)25(2)24/h5-9,11,15,20H,3-4,10,12-13H2,1-2H3/t15-,25+/m0/s1. The van der Waals surface area contributed by atoms with E-state index in [1.165, 1.54) is 5.56 Å². The van der Waals surface area contributed by atoms with Gasteiger partial charge in [0.25, 0.3) is 5.56 Å². The molecule has 1 aromatic heterocycles. The molecule has 0 spiro atoms. The maximum atomic E-state index is 12.3. The molecule has 0 unspecified atom stereocenters. The first-order chi connectivity index (χ1) is 12.0. The highest BCUT2D eigenvalue weighted by molar-refractivity contribution is 7.84. The van der Waals surface area contributed by atoms with E-state index < -0.39 is 10.8 Å². The molecule has 2 atom stereocenters. The summed E-state index contributed by atoms with van der Waals surface area (Å²) in [6.45, 7) is 2.40. The number of rotatable bonds is 5. The van der Waals surface area contributed by atoms with Crippen LogP contribution in [0.25, 0.3) is 0 Å². The van der Waals surface area contributed by atoms with E-state index in [9.17, 15) is 9.00 Å². The minimum absolute atomic E-state index is 0.0497. The molecule has 0 aliphatic carbocycles. The van der Waals surface area contributed by atoms with Crippen LogP contribution in [-0.2, 0) is 24.4 Å². The van der Waals surface area contributed by atoms with E-state index >= 15 is 0 Å². The summed E-state index contributed by atoms with van der Waals surface area (Å²) in [6, 6.07) is 8.17. The summed E-state index contributed by atoms with van der Waals surface area (Å²) in [7, 11) is 0.809. The van der Waals surface area contributed by atoms with Crippen molar-refractivity contribution in [2.24, 2.45) is 7.05 Å². The van der Waals surface area contributed by atoms with Gasteiger partial charge in [-0.1, -0.05) is 12.1 Å². The normalized spacial score (nSPS) is 19.0. The van der Waals surface area contributed by atoms with Gasteiger partial charge in [0.05, 0.1) is 0 Å². The van der Waals surface area contributed by atoms with Gasteiger partial charge in [-0.25, -0.2) is 4.98 Å². The topological polar surface area (TPSA) is 67.2 Å². The fourth-order valence-electron chi connectivity index (χ4n) is 3.10. The molecule has 0 radical (unpaired) electrons. The largest absolute Gasteiger partial charge is 0.350 e. The van der Waals surface area contributed by atoms with Crippen molar-refractivity contribution in [1.82, 2.24) is 14.9 Å². The van der Waals surface area contributed by atoms with Gasteiger partial charge in [0.15, 0.2) is 5.82 Å². The number of aryl methyl sites for hydroxylation is 1. The number of aromatic nitrogens is 2. The summed E-state index contributed by atoms with van der Waals surface area (Å²) >= 11 is 0. The predicted octanol–water partition coefficient (Wildman–Crippen LogP) is 1.28. The molecule has 1 aliphatic rings. The van der Waals surface area contributed by atoms with Crippen molar-refractivity contribution in [3.63, 3.8) is 0 Å². The molecule has 0 saturated carbocycles. The average molecular weight is 360 g/mol. The minimum atomic E-state index is -0.941. The van der Waals surface area contributed by atoms with Gasteiger partial charge in [0.1, 0.15) is 0 Å². The summed E-state index contributed by atoms with van der Waals surface area (Å²) in [5, 5.41) is 3.57. The molecule has 6 nitrogen and oxygen atoms in total. The summed E-state index contributed by atoms with van der Waals surface area (Å²) in [5.74, 6) is 0.534. The monoisotopic (exact) mass is 360 g/mol. The Morgan fingerprint density at radius 2 is 2.08 bits per heavy atom. The zero-order valence-corrected chi connectivity index (χ0v) is 15.5. The lowest BCUT2D eigenvalue weighted by molar-refractivity contribution is 0.419. The van der Waals surface area contributed by atoms with Crippen molar-refractivity contribution in [1.29, 1.82) is 0 Å². The smallest absolute Gasteiger partial charge is 0.293 e. The van der Waals surface area contributed by atoms with E-state index in [-0.39, 0.29) is 5.56 Å². The van der Waals surface area contributed by atoms with Crippen LogP contribution in [-0.4, -0.2) is 39.1 Å². The predicted molar refractivity (Wildman–Crippen MR) is 100 cm³/mol. The molecule has 2 heterocycles. The maximum Gasteiger partial charge on any atom is 0.293 e. The summed E-state index contributed by atoms with van der Waals surface area (Å²) in [5.41, 5.74) is 1.12. The third-order valence-electron chi connectivity index (χ3n) is 4.57. The Balaban J connectivity index is 1.61. The molecule has 134 valence electrons. The van der Waals surface area contributed by atoms with Crippen molar-refractivity contribution in [2.75, 3.05) is 24.2 Å². The van der Waals surface area contributed by atoms with Crippen LogP contribution in [0, 0.1) is 0 Å². The highest BCUT2D eigenvalue weighted by Crippen LogP contribution is 2.15. The Morgan fingerprint density at radius 3 is 2.80 bits per heavy atom. The fraction of sp³-hybridized carbons (Fsp3) is 0.444. The molecule has 25 heavy (non-hydrogen) atoms. The van der Waals surface area contributed by atoms with Gasteiger partial charge < -0.3 is 14.8 Å². The molecule has 1 fully saturated rings. The molecule has 7 heteroatoms. The van der Waals surface area contributed by atoms with Crippen LogP contribution < -0.4 is 15.8 Å². The van der Waals surface area contributed by atoms with Crippen molar-refractivity contribution in [3.05, 3.63) is 52.6 Å². The van der Waals surface area contributed by atoms with Gasteiger partial charge in [0.2, 0.25) is 0 Å². The van der Waals surface area contributed by atoms with Crippen LogP contribution in [0.2, 0.25) is 0 Å². The van der Waals surface area contributed by atoms with Crippen LogP contribution in [0.15, 0.2) is 46.3 Å². The van der Waals surface area contributed by atoms with Gasteiger partial charge in [-0.2, -0.15) is 0 Å². The van der Waals surface area contributed by atoms with E-state index in [2.05, 4.69) is 15.2 Å². The first-order valence-corrected chi connectivity index (χ1v) is 10.0. The van der Waals surface area contributed by atoms with Gasteiger partial charge >= 0.3 is 0 Å². The maximum absolute atomic E-state index is 12.3. The summed E-state index contributed by atoms with van der Waals surface area (Å²) < 4.78 is 13.0. The second kappa shape index (κ2) is 7.93. The molecule has 0 amide bonds. The number of benzene rings is 1. The Labute approximate surface area is 150 Å². The van der Waals surface area contributed by atoms with Crippen molar-refractivity contribution in [3.8, 4) is 0 Å².